The molecule has 0 saturated carbocycles. The van der Waals surface area contributed by atoms with Crippen LogP contribution in [-0.2, 0) is 6.54 Å². The number of anilines is 1. The summed E-state index contributed by atoms with van der Waals surface area (Å²) in [4.78, 5) is 6.06. The molecule has 0 spiro atoms. The lowest BCUT2D eigenvalue weighted by atomic mass is 10.1. The minimum absolute atomic E-state index is 0.753. The SMILES string of the molecule is CN(C)Cc1cccc(C=NNc2ccc(-c3cnco3)cc2)c1. The van der Waals surface area contributed by atoms with Gasteiger partial charge in [0.15, 0.2) is 12.2 Å². The highest BCUT2D eigenvalue weighted by Crippen LogP contribution is 2.20. The highest BCUT2D eigenvalue weighted by atomic mass is 16.3. The molecular formula is C19H20N4O. The molecule has 2 aromatic carbocycles. The van der Waals surface area contributed by atoms with Gasteiger partial charge in [0.05, 0.1) is 18.1 Å². The monoisotopic (exact) mass is 320 g/mol. The summed E-state index contributed by atoms with van der Waals surface area (Å²) >= 11 is 0. The Kier molecular flexibility index (Phi) is 5.03. The molecule has 5 heteroatoms. The van der Waals surface area contributed by atoms with E-state index in [9.17, 15) is 0 Å². The first-order chi connectivity index (χ1) is 11.7. The lowest BCUT2D eigenvalue weighted by Crippen LogP contribution is -2.10. The Morgan fingerprint density at radius 3 is 2.71 bits per heavy atom. The Morgan fingerprint density at radius 2 is 2.00 bits per heavy atom. The average Bonchev–Trinajstić information content (AvgIpc) is 3.10. The Labute approximate surface area is 141 Å². The molecule has 0 saturated heterocycles. The second-order valence-electron chi connectivity index (χ2n) is 5.80. The molecule has 122 valence electrons. The van der Waals surface area contributed by atoms with Crippen molar-refractivity contribution < 1.29 is 4.42 Å². The van der Waals surface area contributed by atoms with Gasteiger partial charge >= 0.3 is 0 Å². The number of oxazole rings is 1. The number of benzene rings is 2. The number of hydrazone groups is 1. The zero-order valence-corrected chi connectivity index (χ0v) is 13.8. The van der Waals surface area contributed by atoms with Gasteiger partial charge in [-0.25, -0.2) is 4.98 Å². The summed E-state index contributed by atoms with van der Waals surface area (Å²) in [7, 11) is 4.12. The molecule has 5 nitrogen and oxygen atoms in total. The fraction of sp³-hybridized carbons (Fsp3) is 0.158. The smallest absolute Gasteiger partial charge is 0.181 e. The molecule has 0 unspecified atom stereocenters. The van der Waals surface area contributed by atoms with E-state index in [0.29, 0.717) is 0 Å². The Balaban J connectivity index is 1.62. The van der Waals surface area contributed by atoms with Crippen LogP contribution in [0.3, 0.4) is 0 Å². The molecule has 3 rings (SSSR count). The van der Waals surface area contributed by atoms with Gasteiger partial charge in [-0.05, 0) is 55.6 Å². The lowest BCUT2D eigenvalue weighted by Gasteiger charge is -2.09. The molecule has 0 bridgehead atoms. The molecule has 1 N–H and O–H groups in total. The molecule has 0 aliphatic rings. The third-order valence-corrected chi connectivity index (χ3v) is 3.46. The summed E-state index contributed by atoms with van der Waals surface area (Å²) < 4.78 is 5.27. The summed E-state index contributed by atoms with van der Waals surface area (Å²) in [6.07, 6.45) is 4.95. The third kappa shape index (κ3) is 4.30. The molecule has 0 atom stereocenters. The van der Waals surface area contributed by atoms with E-state index in [4.69, 9.17) is 4.42 Å². The van der Waals surface area contributed by atoms with Gasteiger partial charge in [-0.1, -0.05) is 18.2 Å². The topological polar surface area (TPSA) is 53.7 Å². The van der Waals surface area contributed by atoms with Gasteiger partial charge in [0, 0.05) is 12.1 Å². The van der Waals surface area contributed by atoms with Crippen molar-refractivity contribution in [3.63, 3.8) is 0 Å². The number of nitrogens with one attached hydrogen (secondary N) is 1. The first-order valence-corrected chi connectivity index (χ1v) is 7.72. The predicted octanol–water partition coefficient (Wildman–Crippen LogP) is 3.85. The van der Waals surface area contributed by atoms with Crippen LogP contribution in [0.25, 0.3) is 11.3 Å². The van der Waals surface area contributed by atoms with Gasteiger partial charge in [0.1, 0.15) is 0 Å². The molecule has 0 radical (unpaired) electrons. The molecule has 0 aliphatic heterocycles. The normalized spacial score (nSPS) is 11.3. The van der Waals surface area contributed by atoms with E-state index >= 15 is 0 Å². The minimum atomic E-state index is 0.753. The Morgan fingerprint density at radius 1 is 1.17 bits per heavy atom. The van der Waals surface area contributed by atoms with Gasteiger partial charge < -0.3 is 9.32 Å². The molecule has 0 aliphatic carbocycles. The fourth-order valence-electron chi connectivity index (χ4n) is 2.39. The average molecular weight is 320 g/mol. The molecule has 1 heterocycles. The standard InChI is InChI=1S/C19H20N4O/c1-23(2)13-16-5-3-4-15(10-16)11-21-22-18-8-6-17(7-9-18)19-12-20-14-24-19/h3-12,14,22H,13H2,1-2H3. The summed E-state index contributed by atoms with van der Waals surface area (Å²) in [6.45, 7) is 0.915. The van der Waals surface area contributed by atoms with Crippen LogP contribution in [0, 0.1) is 0 Å². The maximum atomic E-state index is 5.27. The molecule has 1 aromatic heterocycles. The molecular weight excluding hydrogens is 300 g/mol. The molecule has 24 heavy (non-hydrogen) atoms. The van der Waals surface area contributed by atoms with Crippen molar-refractivity contribution in [1.82, 2.24) is 9.88 Å². The van der Waals surface area contributed by atoms with Crippen LogP contribution in [0.2, 0.25) is 0 Å². The van der Waals surface area contributed by atoms with Crippen LogP contribution in [0.1, 0.15) is 11.1 Å². The van der Waals surface area contributed by atoms with Crippen LogP contribution in [-0.4, -0.2) is 30.2 Å². The summed E-state index contributed by atoms with van der Waals surface area (Å²) in [5.41, 5.74) is 7.27. The van der Waals surface area contributed by atoms with Gasteiger partial charge in [-0.15, -0.1) is 0 Å². The van der Waals surface area contributed by atoms with Crippen molar-refractivity contribution in [2.45, 2.75) is 6.54 Å². The van der Waals surface area contributed by atoms with Crippen LogP contribution in [0.5, 0.6) is 0 Å². The van der Waals surface area contributed by atoms with E-state index < -0.39 is 0 Å². The van der Waals surface area contributed by atoms with Gasteiger partial charge in [-0.3, -0.25) is 5.43 Å². The largest absolute Gasteiger partial charge is 0.444 e. The van der Waals surface area contributed by atoms with Gasteiger partial charge in [-0.2, -0.15) is 5.10 Å². The number of rotatable bonds is 6. The van der Waals surface area contributed by atoms with Crippen molar-refractivity contribution in [2.75, 3.05) is 19.5 Å². The van der Waals surface area contributed by atoms with Crippen LogP contribution < -0.4 is 5.43 Å². The third-order valence-electron chi connectivity index (χ3n) is 3.46. The molecule has 0 amide bonds. The van der Waals surface area contributed by atoms with Crippen molar-refractivity contribution in [2.24, 2.45) is 5.10 Å². The number of nitrogens with zero attached hydrogens (tertiary/aromatic N) is 3. The van der Waals surface area contributed by atoms with Crippen molar-refractivity contribution in [1.29, 1.82) is 0 Å². The van der Waals surface area contributed by atoms with Gasteiger partial charge in [0.2, 0.25) is 0 Å². The maximum Gasteiger partial charge on any atom is 0.181 e. The van der Waals surface area contributed by atoms with Crippen molar-refractivity contribution in [3.05, 3.63) is 72.2 Å². The molecule has 0 fully saturated rings. The van der Waals surface area contributed by atoms with Crippen molar-refractivity contribution in [3.8, 4) is 11.3 Å². The summed E-state index contributed by atoms with van der Waals surface area (Å²) in [5, 5.41) is 4.30. The Bertz CT molecular complexity index is 792. The maximum absolute atomic E-state index is 5.27. The van der Waals surface area contributed by atoms with E-state index in [1.165, 1.54) is 12.0 Å². The van der Waals surface area contributed by atoms with Crippen LogP contribution in [0.4, 0.5) is 5.69 Å². The zero-order chi connectivity index (χ0) is 16.8. The zero-order valence-electron chi connectivity index (χ0n) is 13.8. The fourth-order valence-corrected chi connectivity index (χ4v) is 2.39. The number of hydrogen-bond acceptors (Lipinski definition) is 5. The lowest BCUT2D eigenvalue weighted by molar-refractivity contribution is 0.402. The first-order valence-electron chi connectivity index (χ1n) is 7.72. The van der Waals surface area contributed by atoms with E-state index in [1.807, 2.05) is 42.6 Å². The quantitative estimate of drug-likeness (QED) is 0.554. The Hall–Kier alpha value is -2.92. The highest BCUT2D eigenvalue weighted by molar-refractivity contribution is 5.80. The van der Waals surface area contributed by atoms with Crippen LogP contribution >= 0.6 is 0 Å². The second kappa shape index (κ2) is 7.57. The van der Waals surface area contributed by atoms with Gasteiger partial charge in [0.25, 0.3) is 0 Å². The van der Waals surface area contributed by atoms with Crippen LogP contribution in [0.15, 0.2) is 70.6 Å². The predicted molar refractivity (Wildman–Crippen MR) is 97.0 cm³/mol. The van der Waals surface area contributed by atoms with E-state index in [0.717, 1.165) is 29.1 Å². The summed E-state index contributed by atoms with van der Waals surface area (Å²) in [6, 6.07) is 16.2. The van der Waals surface area contributed by atoms with E-state index in [1.54, 1.807) is 6.20 Å². The van der Waals surface area contributed by atoms with Crippen molar-refractivity contribution >= 4 is 11.9 Å². The number of hydrogen-bond donors (Lipinski definition) is 1. The second-order valence-corrected chi connectivity index (χ2v) is 5.80. The van der Waals surface area contributed by atoms with E-state index in [2.05, 4.69) is 46.6 Å². The van der Waals surface area contributed by atoms with E-state index in [-0.39, 0.29) is 0 Å². The first kappa shape index (κ1) is 16.0. The summed E-state index contributed by atoms with van der Waals surface area (Å²) in [5.74, 6) is 0.753. The number of aromatic nitrogens is 1. The molecule has 3 aromatic rings. The minimum Gasteiger partial charge on any atom is -0.444 e. The highest BCUT2D eigenvalue weighted by Gasteiger charge is 2.00.